The maximum absolute atomic E-state index is 9.25. The van der Waals surface area contributed by atoms with Crippen molar-refractivity contribution < 1.29 is 5.11 Å². The number of aliphatic hydroxyl groups is 1. The van der Waals surface area contributed by atoms with E-state index in [-0.39, 0.29) is 6.61 Å². The fraction of sp³-hybridized carbons (Fsp3) is 0.333. The second-order valence-electron chi connectivity index (χ2n) is 4.77. The zero-order valence-electron chi connectivity index (χ0n) is 10.5. The molecule has 2 heterocycles. The van der Waals surface area contributed by atoms with Crippen molar-refractivity contribution in [1.29, 1.82) is 0 Å². The van der Waals surface area contributed by atoms with E-state index in [1.807, 2.05) is 24.8 Å². The summed E-state index contributed by atoms with van der Waals surface area (Å²) in [5.74, 6) is 1.24. The molecule has 0 aliphatic carbocycles. The number of nitrogens with one attached hydrogen (secondary N) is 1. The summed E-state index contributed by atoms with van der Waals surface area (Å²) in [4.78, 5) is 4.78. The van der Waals surface area contributed by atoms with Crippen LogP contribution in [0.5, 0.6) is 0 Å². The predicted octanol–water partition coefficient (Wildman–Crippen LogP) is 3.52. The van der Waals surface area contributed by atoms with Crippen LogP contribution in [0.1, 0.15) is 23.2 Å². The van der Waals surface area contributed by atoms with Gasteiger partial charge in [-0.05, 0) is 60.4 Å². The van der Waals surface area contributed by atoms with Gasteiger partial charge in [0.1, 0.15) is 0 Å². The zero-order valence-corrected chi connectivity index (χ0v) is 11.3. The van der Waals surface area contributed by atoms with Crippen LogP contribution in [0.3, 0.4) is 0 Å². The number of benzene rings is 1. The van der Waals surface area contributed by atoms with Gasteiger partial charge in [0.05, 0.1) is 6.61 Å². The Balaban J connectivity index is 2.00. The Morgan fingerprint density at radius 2 is 2.22 bits per heavy atom. The molecule has 2 nitrogen and oxygen atoms in total. The fourth-order valence-corrected chi connectivity index (χ4v) is 3.47. The maximum Gasteiger partial charge on any atom is 0.0699 e. The lowest BCUT2D eigenvalue weighted by Gasteiger charge is -2.15. The summed E-state index contributed by atoms with van der Waals surface area (Å²) in [6.07, 6.45) is 2.45. The number of hydrogen-bond acceptors (Lipinski definition) is 2. The highest BCUT2D eigenvalue weighted by atomic mass is 32.2. The maximum atomic E-state index is 9.25. The summed E-state index contributed by atoms with van der Waals surface area (Å²) in [6.45, 7) is 2.10. The molecule has 0 spiro atoms. The van der Waals surface area contributed by atoms with Crippen LogP contribution in [0.2, 0.25) is 0 Å². The van der Waals surface area contributed by atoms with E-state index in [1.165, 1.54) is 34.6 Å². The third-order valence-corrected chi connectivity index (χ3v) is 4.71. The number of thioether (sulfide) groups is 1. The molecule has 0 saturated heterocycles. The molecule has 2 aromatic rings. The minimum atomic E-state index is 0.100. The molecule has 0 radical (unpaired) electrons. The Morgan fingerprint density at radius 1 is 1.33 bits per heavy atom. The molecular formula is C15H17NOS. The van der Waals surface area contributed by atoms with Crippen LogP contribution in [0.4, 0.5) is 0 Å². The van der Waals surface area contributed by atoms with E-state index < -0.39 is 0 Å². The van der Waals surface area contributed by atoms with Crippen molar-refractivity contribution in [2.45, 2.75) is 31.3 Å². The number of H-pyrrole nitrogens is 1. The Bertz CT molecular complexity index is 574. The van der Waals surface area contributed by atoms with Crippen LogP contribution in [-0.2, 0) is 13.0 Å². The monoisotopic (exact) mass is 259 g/mol. The molecule has 0 fully saturated rings. The lowest BCUT2D eigenvalue weighted by atomic mass is 10.0. The average Bonchev–Trinajstić information content (AvgIpc) is 2.79. The summed E-state index contributed by atoms with van der Waals surface area (Å²) in [5, 5.41) is 9.25. The molecule has 1 aromatic heterocycles. The van der Waals surface area contributed by atoms with Crippen molar-refractivity contribution in [1.82, 2.24) is 4.98 Å². The quantitative estimate of drug-likeness (QED) is 0.865. The van der Waals surface area contributed by atoms with E-state index in [1.54, 1.807) is 0 Å². The van der Waals surface area contributed by atoms with E-state index in [0.717, 1.165) is 17.0 Å². The average molecular weight is 259 g/mol. The smallest absolute Gasteiger partial charge is 0.0699 e. The Labute approximate surface area is 111 Å². The standard InChI is InChI=1S/C15H17NOS/c1-10-13(9-17)8-14(16-10)11-4-5-15-12(7-11)3-2-6-18-15/h4-5,7-8,16-17H,2-3,6,9H2,1H3. The summed E-state index contributed by atoms with van der Waals surface area (Å²) >= 11 is 1.96. The molecule has 0 saturated carbocycles. The van der Waals surface area contributed by atoms with E-state index in [4.69, 9.17) is 0 Å². The van der Waals surface area contributed by atoms with Crippen molar-refractivity contribution in [3.8, 4) is 11.3 Å². The molecule has 1 aliphatic heterocycles. The Morgan fingerprint density at radius 3 is 3.00 bits per heavy atom. The van der Waals surface area contributed by atoms with Crippen molar-refractivity contribution in [2.24, 2.45) is 0 Å². The number of aliphatic hydroxyl groups excluding tert-OH is 1. The second-order valence-corrected chi connectivity index (χ2v) is 5.90. The molecule has 94 valence electrons. The summed E-state index contributed by atoms with van der Waals surface area (Å²) in [6, 6.07) is 8.73. The number of aromatic amines is 1. The van der Waals surface area contributed by atoms with E-state index in [2.05, 4.69) is 23.2 Å². The minimum Gasteiger partial charge on any atom is -0.392 e. The van der Waals surface area contributed by atoms with Gasteiger partial charge in [-0.25, -0.2) is 0 Å². The van der Waals surface area contributed by atoms with Gasteiger partial charge >= 0.3 is 0 Å². The molecule has 2 N–H and O–H groups in total. The number of hydrogen-bond donors (Lipinski definition) is 2. The first kappa shape index (κ1) is 11.9. The van der Waals surface area contributed by atoms with Crippen molar-refractivity contribution in [3.05, 3.63) is 41.1 Å². The fourth-order valence-electron chi connectivity index (χ4n) is 2.45. The van der Waals surface area contributed by atoms with Gasteiger partial charge in [-0.15, -0.1) is 11.8 Å². The van der Waals surface area contributed by atoms with Gasteiger partial charge < -0.3 is 10.1 Å². The highest BCUT2D eigenvalue weighted by Crippen LogP contribution is 2.33. The highest BCUT2D eigenvalue weighted by Gasteiger charge is 2.12. The summed E-state index contributed by atoms with van der Waals surface area (Å²) < 4.78 is 0. The number of fused-ring (bicyclic) bond motifs is 1. The second kappa shape index (κ2) is 4.82. The molecule has 3 rings (SSSR count). The van der Waals surface area contributed by atoms with Crippen molar-refractivity contribution >= 4 is 11.8 Å². The third-order valence-electron chi connectivity index (χ3n) is 3.51. The first-order chi connectivity index (χ1) is 8.78. The first-order valence-corrected chi connectivity index (χ1v) is 7.32. The largest absolute Gasteiger partial charge is 0.392 e. The Kier molecular flexibility index (Phi) is 3.18. The molecule has 3 heteroatoms. The van der Waals surface area contributed by atoms with Crippen molar-refractivity contribution in [3.63, 3.8) is 0 Å². The Hall–Kier alpha value is -1.19. The first-order valence-electron chi connectivity index (χ1n) is 6.33. The lowest BCUT2D eigenvalue weighted by Crippen LogP contribution is -1.98. The number of aryl methyl sites for hydroxylation is 2. The topological polar surface area (TPSA) is 36.0 Å². The number of aromatic nitrogens is 1. The van der Waals surface area contributed by atoms with Crippen LogP contribution >= 0.6 is 11.8 Å². The van der Waals surface area contributed by atoms with E-state index in [0.29, 0.717) is 0 Å². The van der Waals surface area contributed by atoms with Crippen LogP contribution in [0, 0.1) is 6.92 Å². The molecule has 0 unspecified atom stereocenters. The van der Waals surface area contributed by atoms with E-state index >= 15 is 0 Å². The SMILES string of the molecule is Cc1[nH]c(-c2ccc3c(c2)CCCS3)cc1CO. The van der Waals surface area contributed by atoms with Crippen LogP contribution in [0.15, 0.2) is 29.2 Å². The van der Waals surface area contributed by atoms with Gasteiger partial charge in [-0.3, -0.25) is 0 Å². The summed E-state index contributed by atoms with van der Waals surface area (Å²) in [5.41, 5.74) is 5.83. The normalized spacial score (nSPS) is 14.6. The van der Waals surface area contributed by atoms with Crippen LogP contribution in [0.25, 0.3) is 11.3 Å². The van der Waals surface area contributed by atoms with E-state index in [9.17, 15) is 5.11 Å². The third kappa shape index (κ3) is 2.08. The predicted molar refractivity (Wildman–Crippen MR) is 75.9 cm³/mol. The molecule has 1 aliphatic rings. The molecular weight excluding hydrogens is 242 g/mol. The molecule has 0 atom stereocenters. The van der Waals surface area contributed by atoms with Gasteiger partial charge in [0.2, 0.25) is 0 Å². The lowest BCUT2D eigenvalue weighted by molar-refractivity contribution is 0.281. The number of rotatable bonds is 2. The molecule has 1 aromatic carbocycles. The van der Waals surface area contributed by atoms with Gasteiger partial charge in [0.25, 0.3) is 0 Å². The van der Waals surface area contributed by atoms with Gasteiger partial charge in [-0.1, -0.05) is 6.07 Å². The zero-order chi connectivity index (χ0) is 12.5. The molecule has 0 amide bonds. The van der Waals surface area contributed by atoms with Gasteiger partial charge in [-0.2, -0.15) is 0 Å². The minimum absolute atomic E-state index is 0.100. The van der Waals surface area contributed by atoms with Gasteiger partial charge in [0.15, 0.2) is 0 Å². The summed E-state index contributed by atoms with van der Waals surface area (Å²) in [7, 11) is 0. The van der Waals surface area contributed by atoms with Gasteiger partial charge in [0, 0.05) is 16.3 Å². The van der Waals surface area contributed by atoms with Crippen LogP contribution < -0.4 is 0 Å². The van der Waals surface area contributed by atoms with Crippen molar-refractivity contribution in [2.75, 3.05) is 5.75 Å². The van der Waals surface area contributed by atoms with Crippen LogP contribution in [-0.4, -0.2) is 15.8 Å². The molecule has 0 bridgehead atoms. The highest BCUT2D eigenvalue weighted by molar-refractivity contribution is 7.99. The molecule has 18 heavy (non-hydrogen) atoms.